The lowest BCUT2D eigenvalue weighted by molar-refractivity contribution is -0.122. The third-order valence-electron chi connectivity index (χ3n) is 5.13. The number of hydrogen-bond acceptors (Lipinski definition) is 4. The van der Waals surface area contributed by atoms with Gasteiger partial charge in [0.05, 0.1) is 18.8 Å². The summed E-state index contributed by atoms with van der Waals surface area (Å²) >= 11 is 0. The molecule has 3 rings (SSSR count). The van der Waals surface area contributed by atoms with Crippen molar-refractivity contribution in [1.82, 2.24) is 10.2 Å². The van der Waals surface area contributed by atoms with Gasteiger partial charge in [-0.25, -0.2) is 0 Å². The van der Waals surface area contributed by atoms with E-state index in [1.165, 1.54) is 0 Å². The summed E-state index contributed by atoms with van der Waals surface area (Å²) in [6, 6.07) is 18.3. The van der Waals surface area contributed by atoms with Crippen molar-refractivity contribution >= 4 is 11.6 Å². The van der Waals surface area contributed by atoms with Gasteiger partial charge in [0.1, 0.15) is 5.75 Å². The highest BCUT2D eigenvalue weighted by Crippen LogP contribution is 2.28. The summed E-state index contributed by atoms with van der Waals surface area (Å²) in [5.41, 5.74) is 2.28. The van der Waals surface area contributed by atoms with Gasteiger partial charge in [-0.2, -0.15) is 0 Å². The van der Waals surface area contributed by atoms with Crippen molar-refractivity contribution in [3.8, 4) is 5.75 Å². The van der Waals surface area contributed by atoms with Crippen LogP contribution in [0.15, 0.2) is 54.6 Å². The summed E-state index contributed by atoms with van der Waals surface area (Å²) in [6.45, 7) is 6.64. The number of carbonyl (C=O) groups is 1. The molecule has 2 aromatic rings. The van der Waals surface area contributed by atoms with Gasteiger partial charge in [-0.15, -0.1) is 0 Å². The fraction of sp³-hybridized carbons (Fsp3) is 0.409. The molecule has 0 bridgehead atoms. The van der Waals surface area contributed by atoms with Crippen LogP contribution < -0.4 is 15.0 Å². The lowest BCUT2D eigenvalue weighted by Crippen LogP contribution is -2.47. The molecule has 2 aromatic carbocycles. The second kappa shape index (κ2) is 9.42. The van der Waals surface area contributed by atoms with Crippen LogP contribution in [0.25, 0.3) is 0 Å². The number of para-hydroxylation sites is 2. The molecule has 1 fully saturated rings. The Morgan fingerprint density at radius 2 is 1.70 bits per heavy atom. The van der Waals surface area contributed by atoms with Crippen LogP contribution >= 0.6 is 0 Å². The van der Waals surface area contributed by atoms with Crippen LogP contribution in [0.1, 0.15) is 24.9 Å². The summed E-state index contributed by atoms with van der Waals surface area (Å²) in [6.07, 6.45) is 0.534. The van der Waals surface area contributed by atoms with E-state index in [4.69, 9.17) is 4.74 Å². The smallest absolute Gasteiger partial charge is 0.221 e. The molecule has 1 atom stereocenters. The highest BCUT2D eigenvalue weighted by molar-refractivity contribution is 5.76. The van der Waals surface area contributed by atoms with Gasteiger partial charge in [-0.1, -0.05) is 42.5 Å². The fourth-order valence-electron chi connectivity index (χ4n) is 3.50. The van der Waals surface area contributed by atoms with Gasteiger partial charge in [0.25, 0.3) is 0 Å². The number of carbonyl (C=O) groups excluding carboxylic acids is 1. The number of benzene rings is 2. The molecule has 1 aliphatic heterocycles. The first-order chi connectivity index (χ1) is 13.2. The zero-order chi connectivity index (χ0) is 19.1. The number of methoxy groups -OCH3 is 1. The zero-order valence-electron chi connectivity index (χ0n) is 16.2. The number of anilines is 1. The Hall–Kier alpha value is -2.53. The number of rotatable bonds is 7. The predicted molar refractivity (Wildman–Crippen MR) is 109 cm³/mol. The van der Waals surface area contributed by atoms with Gasteiger partial charge in [-0.05, 0) is 24.6 Å². The quantitative estimate of drug-likeness (QED) is 0.817. The SMILES string of the molecule is COc1ccccc1N1CCN(CCC(=O)NC(C)c2ccccc2)CC1. The van der Waals surface area contributed by atoms with Crippen LogP contribution in [-0.4, -0.2) is 50.6 Å². The van der Waals surface area contributed by atoms with Crippen LogP contribution in [0.2, 0.25) is 0 Å². The summed E-state index contributed by atoms with van der Waals surface area (Å²) in [4.78, 5) is 17.0. The average Bonchev–Trinajstić information content (AvgIpc) is 2.73. The molecule has 1 aliphatic rings. The number of piperazine rings is 1. The minimum Gasteiger partial charge on any atom is -0.495 e. The molecule has 144 valence electrons. The normalized spacial score (nSPS) is 16.0. The van der Waals surface area contributed by atoms with Crippen LogP contribution in [-0.2, 0) is 4.79 Å². The molecule has 1 unspecified atom stereocenters. The molecule has 1 saturated heterocycles. The van der Waals surface area contributed by atoms with E-state index in [1.807, 2.05) is 55.5 Å². The summed E-state index contributed by atoms with van der Waals surface area (Å²) < 4.78 is 5.47. The van der Waals surface area contributed by atoms with Crippen molar-refractivity contribution in [2.45, 2.75) is 19.4 Å². The molecule has 27 heavy (non-hydrogen) atoms. The van der Waals surface area contributed by atoms with Crippen molar-refractivity contribution in [2.75, 3.05) is 44.7 Å². The van der Waals surface area contributed by atoms with Crippen molar-refractivity contribution in [3.63, 3.8) is 0 Å². The number of nitrogens with zero attached hydrogens (tertiary/aromatic N) is 2. The lowest BCUT2D eigenvalue weighted by atomic mass is 10.1. The van der Waals surface area contributed by atoms with Crippen molar-refractivity contribution < 1.29 is 9.53 Å². The molecule has 0 aromatic heterocycles. The van der Waals surface area contributed by atoms with Crippen molar-refractivity contribution in [1.29, 1.82) is 0 Å². The molecular weight excluding hydrogens is 338 g/mol. The van der Waals surface area contributed by atoms with E-state index in [1.54, 1.807) is 7.11 Å². The standard InChI is InChI=1S/C22H29N3O2/c1-18(19-8-4-3-5-9-19)23-22(26)12-13-24-14-16-25(17-15-24)20-10-6-7-11-21(20)27-2/h3-11,18H,12-17H2,1-2H3,(H,23,26). The molecule has 5 heteroatoms. The molecule has 0 spiro atoms. The minimum atomic E-state index is 0.0427. The van der Waals surface area contributed by atoms with Gasteiger partial charge in [0.2, 0.25) is 5.91 Å². The van der Waals surface area contributed by atoms with E-state index in [-0.39, 0.29) is 11.9 Å². The van der Waals surface area contributed by atoms with Crippen molar-refractivity contribution in [2.24, 2.45) is 0 Å². The van der Waals surface area contributed by atoms with E-state index in [2.05, 4.69) is 21.2 Å². The maximum absolute atomic E-state index is 12.3. The molecule has 5 nitrogen and oxygen atoms in total. The van der Waals surface area contributed by atoms with E-state index in [9.17, 15) is 4.79 Å². The first-order valence-corrected chi connectivity index (χ1v) is 9.62. The highest BCUT2D eigenvalue weighted by atomic mass is 16.5. The number of amides is 1. The van der Waals surface area contributed by atoms with E-state index < -0.39 is 0 Å². The molecule has 0 aliphatic carbocycles. The third kappa shape index (κ3) is 5.23. The van der Waals surface area contributed by atoms with Gasteiger partial charge in [-0.3, -0.25) is 9.69 Å². The Morgan fingerprint density at radius 1 is 1.04 bits per heavy atom. The van der Waals surface area contributed by atoms with Crippen LogP contribution in [0.3, 0.4) is 0 Å². The van der Waals surface area contributed by atoms with Crippen LogP contribution in [0.5, 0.6) is 5.75 Å². The second-order valence-electron chi connectivity index (χ2n) is 6.95. The largest absolute Gasteiger partial charge is 0.495 e. The van der Waals surface area contributed by atoms with Crippen LogP contribution in [0, 0.1) is 0 Å². The van der Waals surface area contributed by atoms with Gasteiger partial charge >= 0.3 is 0 Å². The third-order valence-corrected chi connectivity index (χ3v) is 5.13. The molecule has 0 radical (unpaired) electrons. The highest BCUT2D eigenvalue weighted by Gasteiger charge is 2.20. The predicted octanol–water partition coefficient (Wildman–Crippen LogP) is 3.08. The van der Waals surface area contributed by atoms with Crippen LogP contribution in [0.4, 0.5) is 5.69 Å². The van der Waals surface area contributed by atoms with Crippen molar-refractivity contribution in [3.05, 3.63) is 60.2 Å². The van der Waals surface area contributed by atoms with E-state index in [0.29, 0.717) is 6.42 Å². The Morgan fingerprint density at radius 3 is 2.41 bits per heavy atom. The first-order valence-electron chi connectivity index (χ1n) is 9.62. The number of nitrogens with one attached hydrogen (secondary N) is 1. The van der Waals surface area contributed by atoms with Gasteiger partial charge in [0, 0.05) is 39.1 Å². The second-order valence-corrected chi connectivity index (χ2v) is 6.95. The summed E-state index contributed by atoms with van der Waals surface area (Å²) in [5, 5.41) is 3.09. The van der Waals surface area contributed by atoms with E-state index >= 15 is 0 Å². The molecular formula is C22H29N3O2. The fourth-order valence-corrected chi connectivity index (χ4v) is 3.50. The van der Waals surface area contributed by atoms with Gasteiger partial charge in [0.15, 0.2) is 0 Å². The molecule has 1 N–H and O–H groups in total. The molecule has 1 heterocycles. The summed E-state index contributed by atoms with van der Waals surface area (Å²) in [5.74, 6) is 1.03. The topological polar surface area (TPSA) is 44.8 Å². The Kier molecular flexibility index (Phi) is 6.71. The Bertz CT molecular complexity index is 727. The number of ether oxygens (including phenoxy) is 1. The lowest BCUT2D eigenvalue weighted by Gasteiger charge is -2.36. The molecule has 1 amide bonds. The Labute approximate surface area is 161 Å². The zero-order valence-corrected chi connectivity index (χ0v) is 16.2. The monoisotopic (exact) mass is 367 g/mol. The number of hydrogen-bond donors (Lipinski definition) is 1. The summed E-state index contributed by atoms with van der Waals surface area (Å²) in [7, 11) is 1.71. The maximum Gasteiger partial charge on any atom is 0.221 e. The molecule has 0 saturated carbocycles. The van der Waals surface area contributed by atoms with Gasteiger partial charge < -0.3 is 15.0 Å². The Balaban J connectivity index is 1.42. The average molecular weight is 367 g/mol. The maximum atomic E-state index is 12.3. The first kappa shape index (κ1) is 19.2. The van der Waals surface area contributed by atoms with E-state index in [0.717, 1.165) is 49.7 Å². The minimum absolute atomic E-state index is 0.0427.